The number of nitrogens with two attached hydrogens (primary N) is 1. The van der Waals surface area contributed by atoms with Gasteiger partial charge in [-0.25, -0.2) is 4.79 Å². The minimum Gasteiger partial charge on any atom is -0.478 e. The summed E-state index contributed by atoms with van der Waals surface area (Å²) in [5.41, 5.74) is 12.4. The minimum atomic E-state index is -0.803. The number of hydrogen-bond donors (Lipinski definition) is 2. The van der Waals surface area contributed by atoms with Crippen molar-refractivity contribution >= 4 is 5.97 Å². The van der Waals surface area contributed by atoms with E-state index in [0.717, 1.165) is 25.2 Å². The largest absolute Gasteiger partial charge is 0.478 e. The molecule has 0 saturated heterocycles. The summed E-state index contributed by atoms with van der Waals surface area (Å²) in [5, 5.41) is 9.14. The Morgan fingerprint density at radius 3 is 2.50 bits per heavy atom. The lowest BCUT2D eigenvalue weighted by Crippen LogP contribution is -2.60. The fraction of sp³-hybridized carbons (Fsp3) is 0.828. The quantitative estimate of drug-likeness (QED) is 0.348. The second-order valence-electron chi connectivity index (χ2n) is 13.1. The molecule has 3 heteroatoms. The number of carboxylic acid groups (broad SMARTS) is 1. The summed E-state index contributed by atoms with van der Waals surface area (Å²) >= 11 is 0. The van der Waals surface area contributed by atoms with Crippen molar-refractivity contribution in [2.75, 3.05) is 0 Å². The Bertz CT molecular complexity index is 838. The van der Waals surface area contributed by atoms with Crippen molar-refractivity contribution in [3.05, 3.63) is 22.8 Å². The predicted octanol–water partition coefficient (Wildman–Crippen LogP) is 7.26. The van der Waals surface area contributed by atoms with E-state index >= 15 is 0 Å². The Labute approximate surface area is 196 Å². The summed E-state index contributed by atoms with van der Waals surface area (Å²) in [5.74, 6) is 1.08. The van der Waals surface area contributed by atoms with E-state index in [-0.39, 0.29) is 11.0 Å². The number of rotatable bonds is 5. The highest BCUT2D eigenvalue weighted by atomic mass is 16.4. The van der Waals surface area contributed by atoms with E-state index in [4.69, 9.17) is 10.8 Å². The van der Waals surface area contributed by atoms with Gasteiger partial charge < -0.3 is 10.8 Å². The van der Waals surface area contributed by atoms with Gasteiger partial charge in [-0.15, -0.1) is 0 Å². The van der Waals surface area contributed by atoms with E-state index in [0.29, 0.717) is 28.2 Å². The Balaban J connectivity index is 1.59. The van der Waals surface area contributed by atoms with Crippen LogP contribution < -0.4 is 5.73 Å². The molecule has 4 aliphatic carbocycles. The van der Waals surface area contributed by atoms with Crippen LogP contribution in [-0.4, -0.2) is 16.6 Å². The molecule has 0 bridgehead atoms. The molecule has 0 spiro atoms. The Morgan fingerprint density at radius 2 is 1.81 bits per heavy atom. The topological polar surface area (TPSA) is 63.3 Å². The lowest BCUT2D eigenvalue weighted by Gasteiger charge is -2.61. The lowest BCUT2D eigenvalue weighted by atomic mass is 9.45. The van der Waals surface area contributed by atoms with Gasteiger partial charge in [0.1, 0.15) is 0 Å². The summed E-state index contributed by atoms with van der Waals surface area (Å²) in [6, 6.07) is 0. The Hall–Kier alpha value is -1.09. The molecule has 6 atom stereocenters. The Morgan fingerprint density at radius 1 is 1.09 bits per heavy atom. The van der Waals surface area contributed by atoms with Crippen LogP contribution in [-0.2, 0) is 4.79 Å². The molecule has 0 aliphatic heterocycles. The van der Waals surface area contributed by atoms with Crippen molar-refractivity contribution in [1.29, 1.82) is 0 Å². The molecule has 3 N–H and O–H groups in total. The Kier molecular flexibility index (Phi) is 6.01. The number of fused-ring (bicyclic) bond motifs is 4. The molecular formula is C29H47NO2. The highest BCUT2D eigenvalue weighted by Crippen LogP contribution is 2.68. The van der Waals surface area contributed by atoms with Crippen LogP contribution in [0.5, 0.6) is 0 Å². The monoisotopic (exact) mass is 441 g/mol. The van der Waals surface area contributed by atoms with Crippen LogP contribution in [0.2, 0.25) is 0 Å². The number of carbonyl (C=O) groups is 1. The molecule has 0 amide bonds. The zero-order valence-corrected chi connectivity index (χ0v) is 21.5. The lowest BCUT2D eigenvalue weighted by molar-refractivity contribution is -0.132. The zero-order valence-electron chi connectivity index (χ0n) is 21.5. The first kappa shape index (κ1) is 24.0. The standard InChI is InChI=1S/C29H47NO2/c1-19(9-7-10-20(2)25(31)32)21-13-17-28(6)23-11-12-24-26(3,4)15-8-16-27(24,5)22(23)14-18-29(21,28)30/h10,19,21,24H,7-9,11-18,30H2,1-6H3,(H,31,32)/b20-10-/t19?,21-,24?,27+,28+,29+/m0/s1. The third-order valence-corrected chi connectivity index (χ3v) is 11.2. The van der Waals surface area contributed by atoms with E-state index in [1.165, 1.54) is 51.4 Å². The SMILES string of the molecule is C/C(=C/CCC(C)[C@@H]1CC[C@]2(C)C3=C(CC[C@@]12N)[C@@]1(C)CCCC(C)(C)C1CC3)C(=O)O. The second kappa shape index (κ2) is 8.00. The first-order valence-corrected chi connectivity index (χ1v) is 13.3. The zero-order chi connectivity index (χ0) is 23.5. The summed E-state index contributed by atoms with van der Waals surface area (Å²) in [7, 11) is 0. The van der Waals surface area contributed by atoms with Gasteiger partial charge in [-0.2, -0.15) is 0 Å². The molecule has 4 rings (SSSR count). The van der Waals surface area contributed by atoms with Crippen LogP contribution in [0.4, 0.5) is 0 Å². The third kappa shape index (κ3) is 3.44. The van der Waals surface area contributed by atoms with Crippen molar-refractivity contribution < 1.29 is 9.90 Å². The molecule has 2 unspecified atom stereocenters. The van der Waals surface area contributed by atoms with Crippen molar-refractivity contribution in [1.82, 2.24) is 0 Å². The maximum absolute atomic E-state index is 11.1. The average Bonchev–Trinajstić information content (AvgIpc) is 2.98. The van der Waals surface area contributed by atoms with Crippen molar-refractivity contribution in [3.63, 3.8) is 0 Å². The second-order valence-corrected chi connectivity index (χ2v) is 13.1. The smallest absolute Gasteiger partial charge is 0.330 e. The number of allylic oxidation sites excluding steroid dienone is 2. The fourth-order valence-electron chi connectivity index (χ4n) is 9.23. The molecule has 2 saturated carbocycles. The van der Waals surface area contributed by atoms with Gasteiger partial charge in [-0.1, -0.05) is 58.3 Å². The summed E-state index contributed by atoms with van der Waals surface area (Å²) in [4.78, 5) is 11.1. The molecule has 0 aromatic carbocycles. The van der Waals surface area contributed by atoms with E-state index < -0.39 is 5.97 Å². The molecule has 3 nitrogen and oxygen atoms in total. The van der Waals surface area contributed by atoms with Gasteiger partial charge in [0.25, 0.3) is 0 Å². The van der Waals surface area contributed by atoms with Gasteiger partial charge in [0.05, 0.1) is 0 Å². The highest BCUT2D eigenvalue weighted by molar-refractivity contribution is 5.85. The van der Waals surface area contributed by atoms with E-state index in [1.807, 2.05) is 11.6 Å². The average molecular weight is 442 g/mol. The summed E-state index contributed by atoms with van der Waals surface area (Å²) in [6.45, 7) is 14.2. The van der Waals surface area contributed by atoms with Gasteiger partial charge in [0.15, 0.2) is 0 Å². The first-order valence-electron chi connectivity index (χ1n) is 13.3. The molecule has 180 valence electrons. The predicted molar refractivity (Wildman–Crippen MR) is 132 cm³/mol. The highest BCUT2D eigenvalue weighted by Gasteiger charge is 2.63. The summed E-state index contributed by atoms with van der Waals surface area (Å²) < 4.78 is 0. The van der Waals surface area contributed by atoms with Crippen molar-refractivity contribution in [2.45, 2.75) is 118 Å². The van der Waals surface area contributed by atoms with Gasteiger partial charge in [0.2, 0.25) is 0 Å². The van der Waals surface area contributed by atoms with Gasteiger partial charge >= 0.3 is 5.97 Å². The molecule has 32 heavy (non-hydrogen) atoms. The fourth-order valence-corrected chi connectivity index (χ4v) is 9.23. The first-order chi connectivity index (χ1) is 14.9. The maximum atomic E-state index is 11.1. The van der Waals surface area contributed by atoms with Crippen LogP contribution in [0.1, 0.15) is 112 Å². The van der Waals surface area contributed by atoms with Crippen LogP contribution >= 0.6 is 0 Å². The molecule has 0 aromatic heterocycles. The van der Waals surface area contributed by atoms with Gasteiger partial charge in [0, 0.05) is 16.5 Å². The van der Waals surface area contributed by atoms with Crippen LogP contribution in [0.15, 0.2) is 22.8 Å². The molecule has 4 aliphatic rings. The van der Waals surface area contributed by atoms with Crippen molar-refractivity contribution in [3.8, 4) is 0 Å². The number of carboxylic acids is 1. The van der Waals surface area contributed by atoms with Crippen molar-refractivity contribution in [2.24, 2.45) is 39.7 Å². The molecule has 0 aromatic rings. The third-order valence-electron chi connectivity index (χ3n) is 11.2. The van der Waals surface area contributed by atoms with Crippen LogP contribution in [0.3, 0.4) is 0 Å². The normalized spacial score (nSPS) is 42.2. The minimum absolute atomic E-state index is 0.107. The maximum Gasteiger partial charge on any atom is 0.330 e. The number of hydrogen-bond acceptors (Lipinski definition) is 2. The molecular weight excluding hydrogens is 394 g/mol. The number of aliphatic carboxylic acids is 1. The summed E-state index contributed by atoms with van der Waals surface area (Å²) in [6.07, 6.45) is 15.2. The molecule has 0 heterocycles. The molecule has 2 fully saturated rings. The van der Waals surface area contributed by atoms with E-state index in [9.17, 15) is 4.79 Å². The molecule has 0 radical (unpaired) electrons. The van der Waals surface area contributed by atoms with E-state index in [1.54, 1.807) is 12.5 Å². The van der Waals surface area contributed by atoms with Crippen LogP contribution in [0.25, 0.3) is 0 Å². The van der Waals surface area contributed by atoms with Gasteiger partial charge in [-0.05, 0) is 99.7 Å². The van der Waals surface area contributed by atoms with E-state index in [2.05, 4.69) is 34.6 Å². The van der Waals surface area contributed by atoms with Crippen LogP contribution in [0, 0.1) is 34.0 Å². The van der Waals surface area contributed by atoms with Gasteiger partial charge in [-0.3, -0.25) is 0 Å².